The maximum atomic E-state index is 12.4. The summed E-state index contributed by atoms with van der Waals surface area (Å²) in [6.45, 7) is 2.47. The molecule has 0 radical (unpaired) electrons. The molecule has 2 aromatic carbocycles. The van der Waals surface area contributed by atoms with E-state index in [4.69, 9.17) is 18.9 Å². The van der Waals surface area contributed by atoms with E-state index < -0.39 is 5.97 Å². The van der Waals surface area contributed by atoms with E-state index in [2.05, 4.69) is 4.99 Å². The Bertz CT molecular complexity index is 1060. The highest BCUT2D eigenvalue weighted by Crippen LogP contribution is 2.42. The van der Waals surface area contributed by atoms with Crippen molar-refractivity contribution < 1.29 is 28.8 Å². The zero-order chi connectivity index (χ0) is 22.4. The van der Waals surface area contributed by atoms with E-state index in [1.54, 1.807) is 43.5 Å². The molecule has 0 bridgehead atoms. The summed E-state index contributed by atoms with van der Waals surface area (Å²) in [6, 6.07) is 12.5. The average Bonchev–Trinajstić information content (AvgIpc) is 3.09. The second-order valence-corrected chi connectivity index (χ2v) is 7.28. The first-order valence-corrected chi connectivity index (χ1v) is 10.3. The number of esters is 1. The van der Waals surface area contributed by atoms with E-state index in [1.807, 2.05) is 19.1 Å². The second kappa shape index (κ2) is 10.1. The maximum Gasteiger partial charge on any atom is 0.344 e. The molecule has 0 atom stereocenters. The van der Waals surface area contributed by atoms with Crippen molar-refractivity contribution in [2.45, 2.75) is 6.92 Å². The molecule has 1 N–H and O–H groups in total. The Morgan fingerprint density at radius 3 is 2.45 bits per heavy atom. The number of carbonyl (C=O) groups is 1. The number of carbonyl (C=O) groups excluding carboxylic acids is 1. The van der Waals surface area contributed by atoms with Gasteiger partial charge < -0.3 is 24.1 Å². The Morgan fingerprint density at radius 2 is 1.84 bits per heavy atom. The van der Waals surface area contributed by atoms with Gasteiger partial charge in [-0.2, -0.15) is 0 Å². The van der Waals surface area contributed by atoms with E-state index in [0.29, 0.717) is 39.3 Å². The lowest BCUT2D eigenvalue weighted by atomic mass is 10.1. The molecule has 0 unspecified atom stereocenters. The summed E-state index contributed by atoms with van der Waals surface area (Å²) in [5.41, 5.74) is 1.30. The molecule has 3 rings (SSSR count). The fraction of sp³-hybridized carbons (Fsp3) is 0.217. The molecule has 31 heavy (non-hydrogen) atoms. The lowest BCUT2D eigenvalue weighted by Gasteiger charge is -2.10. The number of aliphatic hydroxyl groups excluding tert-OH is 1. The van der Waals surface area contributed by atoms with Crippen LogP contribution in [0.15, 0.2) is 63.7 Å². The number of rotatable bonds is 7. The van der Waals surface area contributed by atoms with Gasteiger partial charge in [0.25, 0.3) is 0 Å². The highest BCUT2D eigenvalue weighted by atomic mass is 32.2. The molecule has 0 saturated carbocycles. The molecule has 0 fully saturated rings. The summed E-state index contributed by atoms with van der Waals surface area (Å²) >= 11 is 1.17. The number of ether oxygens (including phenoxy) is 4. The Kier molecular flexibility index (Phi) is 7.25. The molecule has 2 aromatic rings. The van der Waals surface area contributed by atoms with E-state index in [0.717, 1.165) is 5.75 Å². The first-order chi connectivity index (χ1) is 15.0. The van der Waals surface area contributed by atoms with Crippen LogP contribution >= 0.6 is 11.8 Å². The molecule has 162 valence electrons. The summed E-state index contributed by atoms with van der Waals surface area (Å²) in [5, 5.41) is 11.1. The summed E-state index contributed by atoms with van der Waals surface area (Å²) in [6.07, 6.45) is 1.71. The van der Waals surface area contributed by atoms with E-state index in [-0.39, 0.29) is 11.3 Å². The van der Waals surface area contributed by atoms with Crippen molar-refractivity contribution in [1.82, 2.24) is 0 Å². The molecule has 0 aliphatic carbocycles. The number of thioether (sulfide) groups is 1. The minimum Gasteiger partial charge on any atom is -0.506 e. The number of hydrogen-bond donors (Lipinski definition) is 1. The highest BCUT2D eigenvalue weighted by molar-refractivity contribution is 8.18. The van der Waals surface area contributed by atoms with Gasteiger partial charge in [-0.3, -0.25) is 0 Å². The van der Waals surface area contributed by atoms with Crippen molar-refractivity contribution >= 4 is 34.5 Å². The van der Waals surface area contributed by atoms with Crippen LogP contribution in [0, 0.1) is 0 Å². The number of aliphatic imine (C=N–C) groups is 1. The van der Waals surface area contributed by atoms with Gasteiger partial charge in [0.1, 0.15) is 22.1 Å². The number of nitrogens with zero attached hydrogens (tertiary/aromatic N) is 1. The van der Waals surface area contributed by atoms with Gasteiger partial charge >= 0.3 is 5.97 Å². The van der Waals surface area contributed by atoms with Crippen molar-refractivity contribution in [1.29, 1.82) is 0 Å². The topological polar surface area (TPSA) is 86.6 Å². The number of methoxy groups -OCH3 is 3. The largest absolute Gasteiger partial charge is 0.506 e. The second-order valence-electron chi connectivity index (χ2n) is 6.25. The lowest BCUT2D eigenvalue weighted by Crippen LogP contribution is -2.10. The first-order valence-electron chi connectivity index (χ1n) is 9.46. The fourth-order valence-electron chi connectivity index (χ4n) is 2.96. The molecular formula is C23H23NO6S. The fourth-order valence-corrected chi connectivity index (χ4v) is 3.98. The molecule has 1 aliphatic heterocycles. The summed E-state index contributed by atoms with van der Waals surface area (Å²) in [4.78, 5) is 17.3. The van der Waals surface area contributed by atoms with Crippen LogP contribution in [0.3, 0.4) is 0 Å². The maximum absolute atomic E-state index is 12.4. The van der Waals surface area contributed by atoms with Gasteiger partial charge in [-0.1, -0.05) is 23.9 Å². The van der Waals surface area contributed by atoms with Crippen LogP contribution in [0.5, 0.6) is 17.2 Å². The summed E-state index contributed by atoms with van der Waals surface area (Å²) in [5.74, 6) is 0.923. The van der Waals surface area contributed by atoms with Crippen LogP contribution in [-0.4, -0.2) is 44.1 Å². The molecule has 1 aliphatic rings. The van der Waals surface area contributed by atoms with Gasteiger partial charge in [-0.25, -0.2) is 9.79 Å². The number of hydrogen-bond acceptors (Lipinski definition) is 8. The van der Waals surface area contributed by atoms with Gasteiger partial charge in [0.2, 0.25) is 0 Å². The zero-order valence-electron chi connectivity index (χ0n) is 17.7. The third-order valence-corrected chi connectivity index (χ3v) is 5.40. The van der Waals surface area contributed by atoms with Crippen molar-refractivity contribution in [2.24, 2.45) is 4.99 Å². The summed E-state index contributed by atoms with van der Waals surface area (Å²) < 4.78 is 21.1. The average molecular weight is 442 g/mol. The monoisotopic (exact) mass is 441 g/mol. The Balaban J connectivity index is 2.03. The van der Waals surface area contributed by atoms with Crippen LogP contribution in [0.25, 0.3) is 6.08 Å². The van der Waals surface area contributed by atoms with Crippen molar-refractivity contribution in [2.75, 3.05) is 27.9 Å². The van der Waals surface area contributed by atoms with Crippen molar-refractivity contribution in [3.05, 3.63) is 64.3 Å². The Morgan fingerprint density at radius 1 is 1.10 bits per heavy atom. The Hall–Kier alpha value is -3.39. The van der Waals surface area contributed by atoms with Crippen LogP contribution in [0.4, 0.5) is 5.69 Å². The molecule has 0 aromatic heterocycles. The van der Waals surface area contributed by atoms with Crippen LogP contribution in [-0.2, 0) is 9.53 Å². The third kappa shape index (κ3) is 4.86. The van der Waals surface area contributed by atoms with Crippen LogP contribution in [0.2, 0.25) is 0 Å². The number of para-hydroxylation sites is 1. The minimum atomic E-state index is -0.671. The predicted octanol–water partition coefficient (Wildman–Crippen LogP) is 4.91. The molecule has 8 heteroatoms. The number of benzene rings is 2. The zero-order valence-corrected chi connectivity index (χ0v) is 18.5. The molecule has 1 heterocycles. The normalized spacial score (nSPS) is 16.0. The standard InChI is InChI=1S/C23H23NO6S/c1-5-30-16-11-9-15(10-12-16)24-22-19(23(26)29-4)20(25)18(31-22)13-14-7-6-8-17(27-2)21(14)28-3/h6-13,25H,5H2,1-4H3. The molecular weight excluding hydrogens is 418 g/mol. The predicted molar refractivity (Wildman–Crippen MR) is 121 cm³/mol. The van der Waals surface area contributed by atoms with Gasteiger partial charge in [0.15, 0.2) is 11.5 Å². The van der Waals surface area contributed by atoms with Crippen LogP contribution in [0.1, 0.15) is 12.5 Å². The van der Waals surface area contributed by atoms with Crippen molar-refractivity contribution in [3.63, 3.8) is 0 Å². The first kappa shape index (κ1) is 22.3. The molecule has 0 saturated heterocycles. The molecule has 7 nitrogen and oxygen atoms in total. The van der Waals surface area contributed by atoms with Gasteiger partial charge in [-0.15, -0.1) is 0 Å². The molecule has 0 amide bonds. The Labute approximate surface area is 185 Å². The van der Waals surface area contributed by atoms with Gasteiger partial charge in [0.05, 0.1) is 38.5 Å². The smallest absolute Gasteiger partial charge is 0.344 e. The van der Waals surface area contributed by atoms with E-state index in [1.165, 1.54) is 26.0 Å². The highest BCUT2D eigenvalue weighted by Gasteiger charge is 2.33. The lowest BCUT2D eigenvalue weighted by molar-refractivity contribution is -0.135. The van der Waals surface area contributed by atoms with Gasteiger partial charge in [-0.05, 0) is 43.3 Å². The summed E-state index contributed by atoms with van der Waals surface area (Å²) in [7, 11) is 4.35. The van der Waals surface area contributed by atoms with E-state index in [9.17, 15) is 9.90 Å². The molecule has 0 spiro atoms. The third-order valence-electron chi connectivity index (χ3n) is 4.38. The van der Waals surface area contributed by atoms with Crippen LogP contribution < -0.4 is 14.2 Å². The van der Waals surface area contributed by atoms with Gasteiger partial charge in [0, 0.05) is 5.56 Å². The van der Waals surface area contributed by atoms with Crippen molar-refractivity contribution in [3.8, 4) is 17.2 Å². The quantitative estimate of drug-likeness (QED) is 0.611. The minimum absolute atomic E-state index is 0.00879. The number of aliphatic hydroxyl groups is 1. The van der Waals surface area contributed by atoms with E-state index >= 15 is 0 Å². The SMILES string of the molecule is CCOc1ccc(N=C2SC(=Cc3cccc(OC)c3OC)C(O)=C2C(=O)OC)cc1.